The van der Waals surface area contributed by atoms with Crippen LogP contribution in [-0.4, -0.2) is 26.9 Å². The van der Waals surface area contributed by atoms with Crippen LogP contribution in [0.5, 0.6) is 5.75 Å². The van der Waals surface area contributed by atoms with Crippen molar-refractivity contribution in [2.24, 2.45) is 0 Å². The molecule has 0 aliphatic carbocycles. The average molecular weight is 460 g/mol. The average Bonchev–Trinajstić information content (AvgIpc) is 3.17. The van der Waals surface area contributed by atoms with Gasteiger partial charge in [-0.05, 0) is 42.3 Å². The van der Waals surface area contributed by atoms with Gasteiger partial charge in [-0.1, -0.05) is 24.3 Å². The molecule has 0 bridgehead atoms. The maximum absolute atomic E-state index is 13.6. The highest BCUT2D eigenvalue weighted by Crippen LogP contribution is 2.31. The van der Waals surface area contributed by atoms with E-state index in [-0.39, 0.29) is 23.1 Å². The lowest BCUT2D eigenvalue weighted by Gasteiger charge is -2.15. The van der Waals surface area contributed by atoms with Gasteiger partial charge in [0.1, 0.15) is 29.3 Å². The monoisotopic (exact) mass is 460 g/mol. The van der Waals surface area contributed by atoms with Crippen LogP contribution < -0.4 is 10.3 Å². The van der Waals surface area contributed by atoms with E-state index in [0.29, 0.717) is 17.1 Å². The SMILES string of the molecule is COc1cccc(Cc2nc3c(c(CF)nn3[C@@H](C)c3ccc(C(F)(F)F)cc3)c(=O)[nH]2)c1. The summed E-state index contributed by atoms with van der Waals surface area (Å²) in [5.74, 6) is 0.989. The van der Waals surface area contributed by atoms with Crippen LogP contribution in [0.25, 0.3) is 11.0 Å². The van der Waals surface area contributed by atoms with Gasteiger partial charge in [0.05, 0.1) is 18.7 Å². The van der Waals surface area contributed by atoms with Crippen molar-refractivity contribution >= 4 is 11.0 Å². The molecular weight excluding hydrogens is 440 g/mol. The maximum atomic E-state index is 13.6. The van der Waals surface area contributed by atoms with Crippen LogP contribution in [0.3, 0.4) is 0 Å². The highest BCUT2D eigenvalue weighted by molar-refractivity contribution is 5.77. The van der Waals surface area contributed by atoms with E-state index in [1.54, 1.807) is 26.2 Å². The van der Waals surface area contributed by atoms with Crippen LogP contribution in [0.1, 0.15) is 41.2 Å². The number of H-pyrrole nitrogens is 1. The number of hydrogen-bond donors (Lipinski definition) is 1. The lowest BCUT2D eigenvalue weighted by Crippen LogP contribution is -2.15. The standard InChI is InChI=1S/C23H20F4N4O2/c1-13(15-6-8-16(9-7-15)23(25,26)27)31-21-20(18(12-24)30-31)22(32)29-19(28-21)11-14-4-3-5-17(10-14)33-2/h3-10,13H,11-12H2,1-2H3,(H,28,29,32)/t13-/m0/s1. The van der Waals surface area contributed by atoms with E-state index < -0.39 is 30.0 Å². The molecule has 1 N–H and O–H groups in total. The van der Waals surface area contributed by atoms with Gasteiger partial charge in [0, 0.05) is 6.42 Å². The fraction of sp³-hybridized carbons (Fsp3) is 0.261. The smallest absolute Gasteiger partial charge is 0.416 e. The molecule has 2 heterocycles. The lowest BCUT2D eigenvalue weighted by molar-refractivity contribution is -0.137. The number of aromatic amines is 1. The summed E-state index contributed by atoms with van der Waals surface area (Å²) in [5, 5.41) is 4.23. The van der Waals surface area contributed by atoms with Crippen molar-refractivity contribution in [3.05, 3.63) is 87.1 Å². The number of halogens is 4. The third-order valence-electron chi connectivity index (χ3n) is 5.40. The predicted molar refractivity (Wildman–Crippen MR) is 114 cm³/mol. The van der Waals surface area contributed by atoms with Crippen molar-refractivity contribution in [1.29, 1.82) is 0 Å². The zero-order valence-electron chi connectivity index (χ0n) is 17.8. The molecule has 2 aromatic heterocycles. The van der Waals surface area contributed by atoms with E-state index in [9.17, 15) is 22.4 Å². The molecule has 2 aromatic carbocycles. The zero-order valence-corrected chi connectivity index (χ0v) is 17.8. The van der Waals surface area contributed by atoms with Gasteiger partial charge in [-0.15, -0.1) is 0 Å². The molecule has 0 saturated heterocycles. The summed E-state index contributed by atoms with van der Waals surface area (Å²) >= 11 is 0. The Balaban J connectivity index is 1.77. The first-order chi connectivity index (χ1) is 15.7. The quantitative estimate of drug-likeness (QED) is 0.419. The highest BCUT2D eigenvalue weighted by Gasteiger charge is 2.30. The third-order valence-corrected chi connectivity index (χ3v) is 5.40. The van der Waals surface area contributed by atoms with Crippen molar-refractivity contribution in [3.63, 3.8) is 0 Å². The van der Waals surface area contributed by atoms with Crippen molar-refractivity contribution < 1.29 is 22.3 Å². The molecule has 0 aliphatic heterocycles. The fourth-order valence-electron chi connectivity index (χ4n) is 3.67. The van der Waals surface area contributed by atoms with Crippen LogP contribution in [0.4, 0.5) is 17.6 Å². The maximum Gasteiger partial charge on any atom is 0.416 e. The number of benzene rings is 2. The van der Waals surface area contributed by atoms with E-state index in [0.717, 1.165) is 17.7 Å². The molecule has 0 radical (unpaired) electrons. The van der Waals surface area contributed by atoms with Gasteiger partial charge in [-0.25, -0.2) is 14.1 Å². The topological polar surface area (TPSA) is 72.8 Å². The number of methoxy groups -OCH3 is 1. The van der Waals surface area contributed by atoms with E-state index in [2.05, 4.69) is 15.1 Å². The lowest BCUT2D eigenvalue weighted by atomic mass is 10.1. The Bertz CT molecular complexity index is 1340. The number of ether oxygens (including phenoxy) is 1. The Morgan fingerprint density at radius 2 is 1.88 bits per heavy atom. The number of rotatable bonds is 6. The molecule has 4 aromatic rings. The summed E-state index contributed by atoms with van der Waals surface area (Å²) in [6.45, 7) is 0.713. The summed E-state index contributed by atoms with van der Waals surface area (Å²) in [5.41, 5.74) is 0.126. The summed E-state index contributed by atoms with van der Waals surface area (Å²) in [6.07, 6.45) is -4.17. The third kappa shape index (κ3) is 4.46. The highest BCUT2D eigenvalue weighted by atomic mass is 19.4. The summed E-state index contributed by atoms with van der Waals surface area (Å²) in [7, 11) is 1.55. The first-order valence-electron chi connectivity index (χ1n) is 10.1. The van der Waals surface area contributed by atoms with Gasteiger partial charge in [0.2, 0.25) is 0 Å². The fourth-order valence-corrected chi connectivity index (χ4v) is 3.67. The minimum Gasteiger partial charge on any atom is -0.497 e. The molecule has 1 atom stereocenters. The summed E-state index contributed by atoms with van der Waals surface area (Å²) < 4.78 is 58.9. The van der Waals surface area contributed by atoms with Crippen molar-refractivity contribution in [3.8, 4) is 5.75 Å². The molecule has 0 amide bonds. The predicted octanol–water partition coefficient (Wildman–Crippen LogP) is 4.82. The molecule has 0 aliphatic rings. The van der Waals surface area contributed by atoms with Crippen molar-refractivity contribution in [2.45, 2.75) is 32.2 Å². The molecule has 172 valence electrons. The van der Waals surface area contributed by atoms with Crippen LogP contribution in [0.2, 0.25) is 0 Å². The molecular formula is C23H20F4N4O2. The van der Waals surface area contributed by atoms with Gasteiger partial charge in [0.15, 0.2) is 5.65 Å². The Hall–Kier alpha value is -3.69. The van der Waals surface area contributed by atoms with Crippen LogP contribution in [0, 0.1) is 0 Å². The number of hydrogen-bond acceptors (Lipinski definition) is 4. The minimum atomic E-state index is -4.45. The Kier molecular flexibility index (Phi) is 5.92. The first kappa shape index (κ1) is 22.5. The van der Waals surface area contributed by atoms with Gasteiger partial charge in [-0.3, -0.25) is 4.79 Å². The Morgan fingerprint density at radius 1 is 1.15 bits per heavy atom. The molecule has 33 heavy (non-hydrogen) atoms. The van der Waals surface area contributed by atoms with Gasteiger partial charge in [-0.2, -0.15) is 18.3 Å². The van der Waals surface area contributed by atoms with Crippen LogP contribution >= 0.6 is 0 Å². The molecule has 10 heteroatoms. The molecule has 0 saturated carbocycles. The number of fused-ring (bicyclic) bond motifs is 1. The first-order valence-corrected chi connectivity index (χ1v) is 10.1. The normalized spacial score (nSPS) is 12.8. The second kappa shape index (κ2) is 8.68. The Labute approximate surface area is 185 Å². The second-order valence-electron chi connectivity index (χ2n) is 7.56. The molecule has 0 unspecified atom stereocenters. The van der Waals surface area contributed by atoms with Gasteiger partial charge >= 0.3 is 6.18 Å². The van der Waals surface area contributed by atoms with E-state index in [4.69, 9.17) is 4.74 Å². The molecule has 0 fully saturated rings. The molecule has 6 nitrogen and oxygen atoms in total. The molecule has 4 rings (SSSR count). The van der Waals surface area contributed by atoms with Crippen LogP contribution in [0.15, 0.2) is 53.3 Å². The van der Waals surface area contributed by atoms with Crippen molar-refractivity contribution in [2.75, 3.05) is 7.11 Å². The van der Waals surface area contributed by atoms with E-state index in [1.807, 2.05) is 12.1 Å². The second-order valence-corrected chi connectivity index (χ2v) is 7.56. The Morgan fingerprint density at radius 3 is 2.52 bits per heavy atom. The summed E-state index contributed by atoms with van der Waals surface area (Å²) in [6, 6.07) is 11.3. The number of nitrogens with one attached hydrogen (secondary N) is 1. The number of alkyl halides is 4. The minimum absolute atomic E-state index is 0.0191. The van der Waals surface area contributed by atoms with Crippen molar-refractivity contribution in [1.82, 2.24) is 19.7 Å². The number of aromatic nitrogens is 4. The number of nitrogens with zero attached hydrogens (tertiary/aromatic N) is 3. The van der Waals surface area contributed by atoms with Gasteiger partial charge in [0.25, 0.3) is 5.56 Å². The van der Waals surface area contributed by atoms with E-state index >= 15 is 0 Å². The summed E-state index contributed by atoms with van der Waals surface area (Å²) in [4.78, 5) is 19.9. The zero-order chi connectivity index (χ0) is 23.8. The van der Waals surface area contributed by atoms with Crippen LogP contribution in [-0.2, 0) is 19.3 Å². The van der Waals surface area contributed by atoms with Gasteiger partial charge < -0.3 is 9.72 Å². The largest absolute Gasteiger partial charge is 0.497 e. The molecule has 0 spiro atoms. The van der Waals surface area contributed by atoms with E-state index in [1.165, 1.54) is 16.8 Å².